The third-order valence-corrected chi connectivity index (χ3v) is 5.52. The van der Waals surface area contributed by atoms with Gasteiger partial charge in [-0.15, -0.1) is 0 Å². The number of pyridine rings is 1. The SMILES string of the molecule is Cc1cc(N2CCN(C(=O)[C@H]3CC(=O)N(C4CC4)C3)CC2)cc(C)n1. The number of piperazine rings is 1. The minimum atomic E-state index is -0.134. The van der Waals surface area contributed by atoms with Gasteiger partial charge in [-0.25, -0.2) is 0 Å². The number of hydrogen-bond donors (Lipinski definition) is 0. The Morgan fingerprint density at radius 2 is 1.72 bits per heavy atom. The Morgan fingerprint density at radius 3 is 2.32 bits per heavy atom. The van der Waals surface area contributed by atoms with E-state index in [2.05, 4.69) is 22.0 Å². The highest BCUT2D eigenvalue weighted by Crippen LogP contribution is 2.33. The molecule has 1 aromatic rings. The van der Waals surface area contributed by atoms with Crippen molar-refractivity contribution < 1.29 is 9.59 Å². The van der Waals surface area contributed by atoms with Crippen molar-refractivity contribution in [2.75, 3.05) is 37.6 Å². The van der Waals surface area contributed by atoms with Crippen LogP contribution in [0.4, 0.5) is 5.69 Å². The minimum Gasteiger partial charge on any atom is -0.368 e. The number of hydrogen-bond acceptors (Lipinski definition) is 4. The second-order valence-corrected chi connectivity index (χ2v) is 7.60. The molecule has 1 aliphatic carbocycles. The van der Waals surface area contributed by atoms with Crippen LogP contribution in [0.15, 0.2) is 12.1 Å². The second-order valence-electron chi connectivity index (χ2n) is 7.60. The molecule has 25 heavy (non-hydrogen) atoms. The van der Waals surface area contributed by atoms with E-state index in [0.717, 1.165) is 50.4 Å². The van der Waals surface area contributed by atoms with Gasteiger partial charge in [0.2, 0.25) is 11.8 Å². The van der Waals surface area contributed by atoms with Crippen LogP contribution in [-0.2, 0) is 9.59 Å². The van der Waals surface area contributed by atoms with Crippen molar-refractivity contribution in [1.82, 2.24) is 14.8 Å². The van der Waals surface area contributed by atoms with E-state index in [9.17, 15) is 9.59 Å². The highest BCUT2D eigenvalue weighted by atomic mass is 16.2. The first-order valence-corrected chi connectivity index (χ1v) is 9.30. The molecule has 134 valence electrons. The normalized spacial score (nSPS) is 24.2. The van der Waals surface area contributed by atoms with Crippen LogP contribution in [0.3, 0.4) is 0 Å². The zero-order chi connectivity index (χ0) is 17.6. The molecule has 6 heteroatoms. The first kappa shape index (κ1) is 16.4. The quantitative estimate of drug-likeness (QED) is 0.832. The largest absolute Gasteiger partial charge is 0.368 e. The number of nitrogens with zero attached hydrogens (tertiary/aromatic N) is 4. The van der Waals surface area contributed by atoms with Gasteiger partial charge in [0.25, 0.3) is 0 Å². The maximum Gasteiger partial charge on any atom is 0.228 e. The average Bonchev–Trinajstić information content (AvgIpc) is 3.35. The zero-order valence-corrected chi connectivity index (χ0v) is 15.1. The number of amides is 2. The van der Waals surface area contributed by atoms with E-state index in [-0.39, 0.29) is 17.7 Å². The number of rotatable bonds is 3. The van der Waals surface area contributed by atoms with Crippen LogP contribution in [0.1, 0.15) is 30.7 Å². The van der Waals surface area contributed by atoms with E-state index in [1.807, 2.05) is 23.6 Å². The maximum absolute atomic E-state index is 12.8. The molecule has 0 aromatic carbocycles. The predicted octanol–water partition coefficient (Wildman–Crippen LogP) is 1.36. The fourth-order valence-electron chi connectivity index (χ4n) is 4.07. The van der Waals surface area contributed by atoms with Gasteiger partial charge < -0.3 is 14.7 Å². The average molecular weight is 342 g/mol. The summed E-state index contributed by atoms with van der Waals surface area (Å²) in [5.74, 6) is 0.200. The molecule has 2 saturated heterocycles. The van der Waals surface area contributed by atoms with Gasteiger partial charge in [0.05, 0.1) is 5.92 Å². The number of aromatic nitrogens is 1. The van der Waals surface area contributed by atoms with E-state index >= 15 is 0 Å². The number of likely N-dealkylation sites (tertiary alicyclic amines) is 1. The van der Waals surface area contributed by atoms with Crippen LogP contribution in [0.2, 0.25) is 0 Å². The minimum absolute atomic E-state index is 0.134. The molecule has 1 saturated carbocycles. The van der Waals surface area contributed by atoms with E-state index in [1.165, 1.54) is 5.69 Å². The number of aryl methyl sites for hydroxylation is 2. The molecular formula is C19H26N4O2. The fourth-order valence-corrected chi connectivity index (χ4v) is 4.07. The number of anilines is 1. The fraction of sp³-hybridized carbons (Fsp3) is 0.632. The Kier molecular flexibility index (Phi) is 4.13. The monoisotopic (exact) mass is 342 g/mol. The third kappa shape index (κ3) is 3.34. The smallest absolute Gasteiger partial charge is 0.228 e. The molecule has 3 heterocycles. The first-order valence-electron chi connectivity index (χ1n) is 9.30. The molecule has 0 radical (unpaired) electrons. The molecule has 1 atom stereocenters. The summed E-state index contributed by atoms with van der Waals surface area (Å²) in [4.78, 5) is 35.5. The lowest BCUT2D eigenvalue weighted by molar-refractivity contribution is -0.136. The van der Waals surface area contributed by atoms with Crippen LogP contribution in [0.5, 0.6) is 0 Å². The van der Waals surface area contributed by atoms with Crippen molar-refractivity contribution in [2.24, 2.45) is 5.92 Å². The Morgan fingerprint density at radius 1 is 1.08 bits per heavy atom. The zero-order valence-electron chi connectivity index (χ0n) is 15.1. The number of carbonyl (C=O) groups is 2. The van der Waals surface area contributed by atoms with Gasteiger partial charge >= 0.3 is 0 Å². The summed E-state index contributed by atoms with van der Waals surface area (Å²) in [6.07, 6.45) is 2.62. The van der Waals surface area contributed by atoms with Crippen molar-refractivity contribution in [2.45, 2.75) is 39.2 Å². The Hall–Kier alpha value is -2.11. The summed E-state index contributed by atoms with van der Waals surface area (Å²) in [5, 5.41) is 0. The van der Waals surface area contributed by atoms with Crippen LogP contribution >= 0.6 is 0 Å². The topological polar surface area (TPSA) is 56.8 Å². The van der Waals surface area contributed by atoms with Crippen molar-refractivity contribution in [1.29, 1.82) is 0 Å². The van der Waals surface area contributed by atoms with Crippen LogP contribution in [0.25, 0.3) is 0 Å². The molecule has 2 amide bonds. The summed E-state index contributed by atoms with van der Waals surface area (Å²) in [7, 11) is 0. The van der Waals surface area contributed by atoms with Crippen molar-refractivity contribution >= 4 is 17.5 Å². The molecule has 6 nitrogen and oxygen atoms in total. The van der Waals surface area contributed by atoms with Gasteiger partial charge in [-0.05, 0) is 38.8 Å². The van der Waals surface area contributed by atoms with Gasteiger partial charge in [0, 0.05) is 62.3 Å². The molecule has 4 rings (SSSR count). The van der Waals surface area contributed by atoms with Crippen LogP contribution in [-0.4, -0.2) is 65.4 Å². The van der Waals surface area contributed by atoms with Gasteiger partial charge in [0.1, 0.15) is 0 Å². The van der Waals surface area contributed by atoms with Gasteiger partial charge in [-0.1, -0.05) is 0 Å². The molecular weight excluding hydrogens is 316 g/mol. The third-order valence-electron chi connectivity index (χ3n) is 5.52. The van der Waals surface area contributed by atoms with Crippen molar-refractivity contribution in [3.8, 4) is 0 Å². The molecule has 3 aliphatic rings. The summed E-state index contributed by atoms with van der Waals surface area (Å²) < 4.78 is 0. The highest BCUT2D eigenvalue weighted by Gasteiger charge is 2.43. The Labute approximate surface area is 148 Å². The molecule has 0 bridgehead atoms. The Balaban J connectivity index is 1.35. The second kappa shape index (κ2) is 6.32. The van der Waals surface area contributed by atoms with E-state index in [0.29, 0.717) is 19.0 Å². The maximum atomic E-state index is 12.8. The molecule has 2 aliphatic heterocycles. The first-order chi connectivity index (χ1) is 12.0. The summed E-state index contributed by atoms with van der Waals surface area (Å²) in [6.45, 7) is 7.79. The molecule has 0 spiro atoms. The standard InChI is InChI=1S/C19H26N4O2/c1-13-9-17(10-14(2)20-13)21-5-7-22(8-6-21)19(25)15-11-18(24)23(12-15)16-3-4-16/h9-10,15-16H,3-8,11-12H2,1-2H3/t15-/m0/s1. The van der Waals surface area contributed by atoms with Gasteiger partial charge in [0.15, 0.2) is 0 Å². The Bertz CT molecular complexity index is 672. The predicted molar refractivity (Wildman–Crippen MR) is 95.3 cm³/mol. The van der Waals surface area contributed by atoms with Crippen LogP contribution < -0.4 is 4.90 Å². The lowest BCUT2D eigenvalue weighted by atomic mass is 10.1. The lowest BCUT2D eigenvalue weighted by Crippen LogP contribution is -2.50. The van der Waals surface area contributed by atoms with E-state index in [4.69, 9.17) is 0 Å². The summed E-state index contributed by atoms with van der Waals surface area (Å²) in [6, 6.07) is 4.63. The van der Waals surface area contributed by atoms with Crippen LogP contribution in [0, 0.1) is 19.8 Å². The van der Waals surface area contributed by atoms with E-state index in [1.54, 1.807) is 0 Å². The van der Waals surface area contributed by atoms with Crippen molar-refractivity contribution in [3.63, 3.8) is 0 Å². The molecule has 0 N–H and O–H groups in total. The van der Waals surface area contributed by atoms with E-state index < -0.39 is 0 Å². The summed E-state index contributed by atoms with van der Waals surface area (Å²) >= 11 is 0. The molecule has 3 fully saturated rings. The highest BCUT2D eigenvalue weighted by molar-refractivity contribution is 5.89. The number of carbonyl (C=O) groups excluding carboxylic acids is 2. The lowest BCUT2D eigenvalue weighted by Gasteiger charge is -2.37. The van der Waals surface area contributed by atoms with Gasteiger partial charge in [-0.3, -0.25) is 14.6 Å². The summed E-state index contributed by atoms with van der Waals surface area (Å²) in [5.41, 5.74) is 3.24. The van der Waals surface area contributed by atoms with Crippen molar-refractivity contribution in [3.05, 3.63) is 23.5 Å². The molecule has 0 unspecified atom stereocenters. The van der Waals surface area contributed by atoms with Gasteiger partial charge in [-0.2, -0.15) is 0 Å². The molecule has 1 aromatic heterocycles.